The van der Waals surface area contributed by atoms with Gasteiger partial charge in [0.05, 0.1) is 23.0 Å². The number of nitriles is 1. The molecule has 100 valence electrons. The lowest BCUT2D eigenvalue weighted by Gasteiger charge is -2.10. The molecule has 0 heterocycles. The summed E-state index contributed by atoms with van der Waals surface area (Å²) in [6.07, 6.45) is 0. The van der Waals surface area contributed by atoms with Crippen LogP contribution < -0.4 is 0 Å². The lowest BCUT2D eigenvalue weighted by atomic mass is 9.92. The van der Waals surface area contributed by atoms with Crippen molar-refractivity contribution in [1.82, 2.24) is 0 Å². The molecule has 0 aliphatic carbocycles. The van der Waals surface area contributed by atoms with E-state index >= 15 is 0 Å². The molecule has 2 aromatic rings. The van der Waals surface area contributed by atoms with Gasteiger partial charge in [0.1, 0.15) is 11.6 Å². The highest BCUT2D eigenvalue weighted by molar-refractivity contribution is 5.43. The van der Waals surface area contributed by atoms with E-state index in [0.29, 0.717) is 5.56 Å². The third kappa shape index (κ3) is 2.62. The molecule has 0 bridgehead atoms. The minimum atomic E-state index is -0.948. The number of halogens is 2. The summed E-state index contributed by atoms with van der Waals surface area (Å²) in [6, 6.07) is 10.1. The van der Waals surface area contributed by atoms with E-state index in [4.69, 9.17) is 5.26 Å². The highest BCUT2D eigenvalue weighted by Crippen LogP contribution is 2.28. The van der Waals surface area contributed by atoms with Gasteiger partial charge in [0.15, 0.2) is 0 Å². The van der Waals surface area contributed by atoms with E-state index < -0.39 is 22.5 Å². The SMILES string of the molecule is N#CC(c1ccc(F)cc1)c1ccc([N+](=O)[O-])cc1F. The normalized spacial score (nSPS) is 11.7. The van der Waals surface area contributed by atoms with Crippen molar-refractivity contribution >= 4 is 5.69 Å². The number of rotatable bonds is 3. The fourth-order valence-corrected chi connectivity index (χ4v) is 1.84. The molecule has 0 amide bonds. The lowest BCUT2D eigenvalue weighted by Crippen LogP contribution is -2.02. The molecule has 4 nitrogen and oxygen atoms in total. The molecule has 1 atom stereocenters. The first kappa shape index (κ1) is 13.6. The van der Waals surface area contributed by atoms with E-state index in [-0.39, 0.29) is 11.3 Å². The lowest BCUT2D eigenvalue weighted by molar-refractivity contribution is -0.385. The highest BCUT2D eigenvalue weighted by atomic mass is 19.1. The fraction of sp³-hybridized carbons (Fsp3) is 0.0714. The molecule has 20 heavy (non-hydrogen) atoms. The molecule has 0 spiro atoms. The van der Waals surface area contributed by atoms with Gasteiger partial charge >= 0.3 is 0 Å². The van der Waals surface area contributed by atoms with Crippen LogP contribution in [0.25, 0.3) is 0 Å². The van der Waals surface area contributed by atoms with E-state index in [1.54, 1.807) is 0 Å². The molecule has 2 rings (SSSR count). The zero-order chi connectivity index (χ0) is 14.7. The summed E-state index contributed by atoms with van der Waals surface area (Å²) in [6.45, 7) is 0. The van der Waals surface area contributed by atoms with Crippen LogP contribution in [0.15, 0.2) is 42.5 Å². The Morgan fingerprint density at radius 1 is 1.15 bits per heavy atom. The smallest absolute Gasteiger partial charge is 0.258 e. The summed E-state index contributed by atoms with van der Waals surface area (Å²) >= 11 is 0. The first-order valence-corrected chi connectivity index (χ1v) is 5.62. The van der Waals surface area contributed by atoms with E-state index in [2.05, 4.69) is 0 Å². The Balaban J connectivity index is 2.45. The predicted molar refractivity (Wildman–Crippen MR) is 66.9 cm³/mol. The summed E-state index contributed by atoms with van der Waals surface area (Å²) in [7, 11) is 0. The van der Waals surface area contributed by atoms with Crippen molar-refractivity contribution in [3.63, 3.8) is 0 Å². The highest BCUT2D eigenvalue weighted by Gasteiger charge is 2.20. The Morgan fingerprint density at radius 3 is 2.30 bits per heavy atom. The Labute approximate surface area is 113 Å². The van der Waals surface area contributed by atoms with Crippen molar-refractivity contribution in [1.29, 1.82) is 5.26 Å². The topological polar surface area (TPSA) is 66.9 Å². The van der Waals surface area contributed by atoms with Gasteiger partial charge in [-0.15, -0.1) is 0 Å². The van der Waals surface area contributed by atoms with Crippen molar-refractivity contribution in [2.24, 2.45) is 0 Å². The zero-order valence-corrected chi connectivity index (χ0v) is 10.1. The second-order valence-corrected chi connectivity index (χ2v) is 4.08. The largest absolute Gasteiger partial charge is 0.272 e. The van der Waals surface area contributed by atoms with Gasteiger partial charge < -0.3 is 0 Å². The van der Waals surface area contributed by atoms with Gasteiger partial charge in [0.2, 0.25) is 0 Å². The van der Waals surface area contributed by atoms with Crippen LogP contribution in [0.4, 0.5) is 14.5 Å². The average Bonchev–Trinajstić information content (AvgIpc) is 2.43. The zero-order valence-electron chi connectivity index (χ0n) is 10.1. The van der Waals surface area contributed by atoms with Crippen molar-refractivity contribution < 1.29 is 13.7 Å². The van der Waals surface area contributed by atoms with Crippen LogP contribution in [0.3, 0.4) is 0 Å². The van der Waals surface area contributed by atoms with Gasteiger partial charge in [-0.25, -0.2) is 8.78 Å². The molecule has 0 radical (unpaired) electrons. The van der Waals surface area contributed by atoms with E-state index in [9.17, 15) is 18.9 Å². The average molecular weight is 274 g/mol. The number of benzene rings is 2. The molecule has 1 unspecified atom stereocenters. The predicted octanol–water partition coefficient (Wildman–Crippen LogP) is 3.53. The molecule has 2 aromatic carbocycles. The molecule has 0 fully saturated rings. The Morgan fingerprint density at radius 2 is 1.80 bits per heavy atom. The van der Waals surface area contributed by atoms with Crippen LogP contribution in [0.2, 0.25) is 0 Å². The second-order valence-electron chi connectivity index (χ2n) is 4.08. The van der Waals surface area contributed by atoms with Gasteiger partial charge in [-0.3, -0.25) is 10.1 Å². The summed E-state index contributed by atoms with van der Waals surface area (Å²) in [5.41, 5.74) is 0.0495. The Kier molecular flexibility index (Phi) is 3.71. The Bertz CT molecular complexity index is 693. The van der Waals surface area contributed by atoms with Gasteiger partial charge in [-0.1, -0.05) is 12.1 Å². The van der Waals surface area contributed by atoms with Crippen LogP contribution >= 0.6 is 0 Å². The number of nitro groups is 1. The number of hydrogen-bond donors (Lipinski definition) is 0. The molecule has 0 N–H and O–H groups in total. The minimum absolute atomic E-state index is 0.0182. The number of nitrogens with zero attached hydrogens (tertiary/aromatic N) is 2. The molecular weight excluding hydrogens is 266 g/mol. The van der Waals surface area contributed by atoms with E-state index in [1.165, 1.54) is 30.3 Å². The molecule has 0 aliphatic rings. The van der Waals surface area contributed by atoms with Crippen LogP contribution in [0.5, 0.6) is 0 Å². The number of hydrogen-bond acceptors (Lipinski definition) is 3. The Hall–Kier alpha value is -2.81. The summed E-state index contributed by atoms with van der Waals surface area (Å²) in [5, 5.41) is 19.7. The van der Waals surface area contributed by atoms with Crippen LogP contribution in [0.1, 0.15) is 17.0 Å². The van der Waals surface area contributed by atoms with Crippen molar-refractivity contribution in [3.8, 4) is 6.07 Å². The van der Waals surface area contributed by atoms with Crippen LogP contribution in [0, 0.1) is 33.1 Å². The number of nitro benzene ring substituents is 1. The summed E-state index contributed by atoms with van der Waals surface area (Å²) < 4.78 is 26.7. The maximum Gasteiger partial charge on any atom is 0.272 e. The fourth-order valence-electron chi connectivity index (χ4n) is 1.84. The quantitative estimate of drug-likeness (QED) is 0.635. The van der Waals surface area contributed by atoms with Crippen molar-refractivity contribution in [2.75, 3.05) is 0 Å². The van der Waals surface area contributed by atoms with E-state index in [1.807, 2.05) is 6.07 Å². The molecule has 0 saturated carbocycles. The van der Waals surface area contributed by atoms with Crippen LogP contribution in [-0.4, -0.2) is 4.92 Å². The van der Waals surface area contributed by atoms with Gasteiger partial charge in [0.25, 0.3) is 5.69 Å². The van der Waals surface area contributed by atoms with Crippen molar-refractivity contribution in [3.05, 3.63) is 75.3 Å². The standard InChI is InChI=1S/C14H8F2N2O2/c15-10-3-1-9(2-4-10)13(8-17)12-6-5-11(18(19)20)7-14(12)16/h1-7,13H. The second kappa shape index (κ2) is 5.45. The monoisotopic (exact) mass is 274 g/mol. The van der Waals surface area contributed by atoms with Crippen LogP contribution in [-0.2, 0) is 0 Å². The first-order chi connectivity index (χ1) is 9.52. The van der Waals surface area contributed by atoms with Gasteiger partial charge in [0, 0.05) is 11.6 Å². The maximum atomic E-state index is 13.9. The van der Waals surface area contributed by atoms with Crippen molar-refractivity contribution in [2.45, 2.75) is 5.92 Å². The summed E-state index contributed by atoms with van der Waals surface area (Å²) in [4.78, 5) is 9.83. The van der Waals surface area contributed by atoms with Gasteiger partial charge in [-0.05, 0) is 23.8 Å². The molecule has 0 aromatic heterocycles. The minimum Gasteiger partial charge on any atom is -0.258 e. The van der Waals surface area contributed by atoms with Gasteiger partial charge in [-0.2, -0.15) is 5.26 Å². The molecule has 6 heteroatoms. The molecule has 0 aliphatic heterocycles. The number of non-ortho nitro benzene ring substituents is 1. The van der Waals surface area contributed by atoms with E-state index in [0.717, 1.165) is 12.1 Å². The third-order valence-electron chi connectivity index (χ3n) is 2.84. The third-order valence-corrected chi connectivity index (χ3v) is 2.84. The maximum absolute atomic E-state index is 13.9. The molecular formula is C14H8F2N2O2. The molecule has 0 saturated heterocycles. The summed E-state index contributed by atoms with van der Waals surface area (Å²) in [5.74, 6) is -2.25. The first-order valence-electron chi connectivity index (χ1n) is 5.62.